The topological polar surface area (TPSA) is 63.9 Å². The van der Waals surface area contributed by atoms with Crippen molar-refractivity contribution in [2.75, 3.05) is 11.9 Å². The van der Waals surface area contributed by atoms with Gasteiger partial charge in [0, 0.05) is 12.7 Å². The molecule has 1 atom stereocenters. The summed E-state index contributed by atoms with van der Waals surface area (Å²) in [4.78, 5) is 14.4. The lowest BCUT2D eigenvalue weighted by Crippen LogP contribution is -2.33. The maximum Gasteiger partial charge on any atom is 0.240 e. The Labute approximate surface area is 163 Å². The van der Waals surface area contributed by atoms with Crippen LogP contribution in [0.1, 0.15) is 32.3 Å². The number of anilines is 1. The van der Waals surface area contributed by atoms with Crippen molar-refractivity contribution < 1.29 is 4.79 Å². The molecule has 3 rings (SSSR count). The summed E-state index contributed by atoms with van der Waals surface area (Å²) in [7, 11) is 1.78. The summed E-state index contributed by atoms with van der Waals surface area (Å²) in [5, 5.41) is 12.2. The van der Waals surface area contributed by atoms with Crippen LogP contribution in [0.3, 0.4) is 0 Å². The third kappa shape index (κ3) is 4.36. The van der Waals surface area contributed by atoms with Crippen molar-refractivity contribution in [3.8, 4) is 5.69 Å². The average Bonchev–Trinajstić information content (AvgIpc) is 3.15. The molecule has 1 aromatic heterocycles. The number of hydrogen-bond donors (Lipinski definition) is 0. The number of hydrogen-bond acceptors (Lipinski definition) is 5. The van der Waals surface area contributed by atoms with Crippen LogP contribution in [0.25, 0.3) is 5.69 Å². The first-order chi connectivity index (χ1) is 13.0. The molecule has 0 aliphatic carbocycles. The number of nitrogens with zero attached hydrogens (tertiary/aromatic N) is 5. The molecule has 7 heteroatoms. The summed E-state index contributed by atoms with van der Waals surface area (Å²) in [6, 6.07) is 17.7. The number of rotatable bonds is 6. The van der Waals surface area contributed by atoms with Crippen molar-refractivity contribution in [1.29, 1.82) is 0 Å². The maximum absolute atomic E-state index is 12.8. The largest absolute Gasteiger partial charge is 0.315 e. The van der Waals surface area contributed by atoms with Crippen molar-refractivity contribution in [3.63, 3.8) is 0 Å². The Hall–Kier alpha value is -2.67. The van der Waals surface area contributed by atoms with Crippen LogP contribution in [0.5, 0.6) is 0 Å². The van der Waals surface area contributed by atoms with Gasteiger partial charge in [-0.15, -0.1) is 5.10 Å². The van der Waals surface area contributed by atoms with Crippen LogP contribution in [0, 0.1) is 0 Å². The van der Waals surface area contributed by atoms with Crippen molar-refractivity contribution in [2.24, 2.45) is 0 Å². The molecule has 0 radical (unpaired) electrons. The maximum atomic E-state index is 12.8. The van der Waals surface area contributed by atoms with Crippen LogP contribution in [0.2, 0.25) is 0 Å². The highest BCUT2D eigenvalue weighted by molar-refractivity contribution is 8.00. The third-order valence-corrected chi connectivity index (χ3v) is 5.37. The number of amides is 1. The molecule has 0 saturated carbocycles. The number of carbonyl (C=O) groups excluding carboxylic acids is 1. The van der Waals surface area contributed by atoms with E-state index in [2.05, 4.69) is 41.5 Å². The predicted molar refractivity (Wildman–Crippen MR) is 108 cm³/mol. The molecule has 0 fully saturated rings. The predicted octanol–water partition coefficient (Wildman–Crippen LogP) is 3.93. The molecule has 0 bridgehead atoms. The zero-order valence-corrected chi connectivity index (χ0v) is 16.7. The van der Waals surface area contributed by atoms with Gasteiger partial charge in [0.25, 0.3) is 0 Å². The Morgan fingerprint density at radius 1 is 1.04 bits per heavy atom. The lowest BCUT2D eigenvalue weighted by Gasteiger charge is -2.20. The van der Waals surface area contributed by atoms with E-state index in [0.29, 0.717) is 11.1 Å². The number of para-hydroxylation sites is 1. The molecular weight excluding hydrogens is 358 g/mol. The molecule has 6 nitrogen and oxygen atoms in total. The molecular formula is C20H23N5OS. The van der Waals surface area contributed by atoms with Crippen LogP contribution < -0.4 is 4.90 Å². The summed E-state index contributed by atoms with van der Waals surface area (Å²) in [6.07, 6.45) is 0. The van der Waals surface area contributed by atoms with Gasteiger partial charge >= 0.3 is 0 Å². The van der Waals surface area contributed by atoms with Gasteiger partial charge in [-0.1, -0.05) is 55.9 Å². The fraction of sp³-hybridized carbons (Fsp3) is 0.300. The van der Waals surface area contributed by atoms with E-state index < -0.39 is 0 Å². The van der Waals surface area contributed by atoms with Gasteiger partial charge in [-0.3, -0.25) is 4.79 Å². The van der Waals surface area contributed by atoms with Gasteiger partial charge in [0.05, 0.1) is 10.9 Å². The number of benzene rings is 2. The van der Waals surface area contributed by atoms with Gasteiger partial charge in [-0.25, -0.2) is 0 Å². The number of carbonyl (C=O) groups is 1. The van der Waals surface area contributed by atoms with Crippen molar-refractivity contribution >= 4 is 23.4 Å². The van der Waals surface area contributed by atoms with Crippen LogP contribution in [-0.4, -0.2) is 38.4 Å². The van der Waals surface area contributed by atoms with Gasteiger partial charge in [0.1, 0.15) is 0 Å². The van der Waals surface area contributed by atoms with E-state index in [9.17, 15) is 4.79 Å². The zero-order chi connectivity index (χ0) is 19.4. The summed E-state index contributed by atoms with van der Waals surface area (Å²) in [5.41, 5.74) is 3.00. The minimum Gasteiger partial charge on any atom is -0.315 e. The van der Waals surface area contributed by atoms with Crippen molar-refractivity contribution in [3.05, 3.63) is 60.2 Å². The Morgan fingerprint density at radius 2 is 1.70 bits per heavy atom. The first-order valence-corrected chi connectivity index (χ1v) is 9.73. The summed E-state index contributed by atoms with van der Waals surface area (Å²) >= 11 is 1.35. The first kappa shape index (κ1) is 19.1. The highest BCUT2D eigenvalue weighted by atomic mass is 32.2. The molecule has 2 aromatic carbocycles. The molecule has 0 N–H and O–H groups in total. The molecule has 27 heavy (non-hydrogen) atoms. The molecule has 0 saturated heterocycles. The summed E-state index contributed by atoms with van der Waals surface area (Å²) in [6.45, 7) is 6.18. The second-order valence-electron chi connectivity index (χ2n) is 6.61. The quantitative estimate of drug-likeness (QED) is 0.605. The van der Waals surface area contributed by atoms with E-state index in [1.54, 1.807) is 16.6 Å². The smallest absolute Gasteiger partial charge is 0.240 e. The minimum absolute atomic E-state index is 0.00379. The molecule has 1 heterocycles. The first-order valence-electron chi connectivity index (χ1n) is 8.85. The molecule has 0 aliphatic heterocycles. The van der Waals surface area contributed by atoms with Gasteiger partial charge in [-0.05, 0) is 53.1 Å². The van der Waals surface area contributed by atoms with Gasteiger partial charge in [0.2, 0.25) is 11.1 Å². The minimum atomic E-state index is -0.324. The fourth-order valence-corrected chi connectivity index (χ4v) is 3.58. The Balaban J connectivity index is 1.75. The van der Waals surface area contributed by atoms with E-state index in [1.165, 1.54) is 17.3 Å². The normalized spacial score (nSPS) is 12.2. The number of tetrazole rings is 1. The second kappa shape index (κ2) is 8.35. The SMILES string of the molecule is CC(C)c1ccc(-n2nnnc2S[C@H](C)C(=O)N(C)c2ccccc2)cc1. The second-order valence-corrected chi connectivity index (χ2v) is 7.92. The van der Waals surface area contributed by atoms with E-state index in [1.807, 2.05) is 49.4 Å². The lowest BCUT2D eigenvalue weighted by atomic mass is 10.0. The summed E-state index contributed by atoms with van der Waals surface area (Å²) in [5.74, 6) is 0.462. The van der Waals surface area contributed by atoms with Gasteiger partial charge in [-0.2, -0.15) is 4.68 Å². The van der Waals surface area contributed by atoms with E-state index in [-0.39, 0.29) is 11.2 Å². The zero-order valence-electron chi connectivity index (χ0n) is 15.9. The Bertz CT molecular complexity index is 892. The molecule has 0 aliphatic rings. The van der Waals surface area contributed by atoms with E-state index in [4.69, 9.17) is 0 Å². The van der Waals surface area contributed by atoms with Gasteiger partial charge < -0.3 is 4.90 Å². The molecule has 0 unspecified atom stereocenters. The molecule has 1 amide bonds. The van der Waals surface area contributed by atoms with Crippen LogP contribution >= 0.6 is 11.8 Å². The van der Waals surface area contributed by atoms with E-state index >= 15 is 0 Å². The lowest BCUT2D eigenvalue weighted by molar-refractivity contribution is -0.117. The van der Waals surface area contributed by atoms with Crippen molar-refractivity contribution in [2.45, 2.75) is 37.1 Å². The third-order valence-electron chi connectivity index (χ3n) is 4.35. The molecule has 3 aromatic rings. The number of aromatic nitrogens is 4. The van der Waals surface area contributed by atoms with Gasteiger partial charge in [0.15, 0.2) is 0 Å². The fourth-order valence-electron chi connectivity index (χ4n) is 2.67. The standard InChI is InChI=1S/C20H23N5OS/c1-14(2)16-10-12-18(13-11-16)25-20(21-22-23-25)27-15(3)19(26)24(4)17-8-6-5-7-9-17/h5-15H,1-4H3/t15-/m1/s1. The van der Waals surface area contributed by atoms with Crippen LogP contribution in [0.15, 0.2) is 59.8 Å². The average molecular weight is 382 g/mol. The monoisotopic (exact) mass is 381 g/mol. The Morgan fingerprint density at radius 3 is 2.33 bits per heavy atom. The number of thioether (sulfide) groups is 1. The van der Waals surface area contributed by atoms with E-state index in [0.717, 1.165) is 11.4 Å². The molecule has 0 spiro atoms. The van der Waals surface area contributed by atoms with Crippen LogP contribution in [-0.2, 0) is 4.79 Å². The van der Waals surface area contributed by atoms with Crippen LogP contribution in [0.4, 0.5) is 5.69 Å². The Kier molecular flexibility index (Phi) is 5.91. The highest BCUT2D eigenvalue weighted by Gasteiger charge is 2.23. The summed E-state index contributed by atoms with van der Waals surface area (Å²) < 4.78 is 1.67. The van der Waals surface area contributed by atoms with Crippen molar-refractivity contribution in [1.82, 2.24) is 20.2 Å². The molecule has 140 valence electrons. The highest BCUT2D eigenvalue weighted by Crippen LogP contribution is 2.26.